The number of benzene rings is 1. The zero-order valence-corrected chi connectivity index (χ0v) is 10.1. The lowest BCUT2D eigenvalue weighted by Gasteiger charge is -2.10. The van der Waals surface area contributed by atoms with Gasteiger partial charge in [-0.15, -0.1) is 0 Å². The molecule has 0 bridgehead atoms. The predicted octanol–water partition coefficient (Wildman–Crippen LogP) is 1.70. The molecule has 0 aliphatic heterocycles. The first-order valence-electron chi connectivity index (χ1n) is 5.10. The monoisotopic (exact) mass is 266 g/mol. The Hall–Kier alpha value is -1.89. The number of hydrazine groups is 1. The van der Waals surface area contributed by atoms with Crippen molar-refractivity contribution >= 4 is 17.5 Å². The molecule has 0 spiro atoms. The molecule has 0 radical (unpaired) electrons. The van der Waals surface area contributed by atoms with Crippen molar-refractivity contribution in [2.75, 3.05) is 5.43 Å². The number of para-hydroxylation sites is 1. The van der Waals surface area contributed by atoms with Crippen LogP contribution in [0.15, 0.2) is 30.5 Å². The maximum absolute atomic E-state index is 9.19. The summed E-state index contributed by atoms with van der Waals surface area (Å²) in [6.45, 7) is -0.138. The number of rotatable bonds is 4. The number of aliphatic hydroxyl groups is 1. The van der Waals surface area contributed by atoms with E-state index in [1.807, 2.05) is 0 Å². The average molecular weight is 267 g/mol. The minimum atomic E-state index is -0.138. The highest BCUT2D eigenvalue weighted by Crippen LogP contribution is 2.29. The van der Waals surface area contributed by atoms with Crippen LogP contribution in [0.5, 0.6) is 11.6 Å². The minimum Gasteiger partial charge on any atom is -0.437 e. The quantitative estimate of drug-likeness (QED) is 0.576. The number of nitrogens with two attached hydrogens (primary N) is 1. The number of aromatic nitrogens is 2. The summed E-state index contributed by atoms with van der Waals surface area (Å²) in [6.07, 6.45) is 1.38. The molecule has 0 saturated heterocycles. The van der Waals surface area contributed by atoms with Crippen molar-refractivity contribution < 1.29 is 9.84 Å². The third kappa shape index (κ3) is 2.67. The van der Waals surface area contributed by atoms with E-state index in [1.54, 1.807) is 24.3 Å². The third-order valence-corrected chi connectivity index (χ3v) is 2.45. The number of anilines is 1. The van der Waals surface area contributed by atoms with Gasteiger partial charge >= 0.3 is 0 Å². The summed E-state index contributed by atoms with van der Waals surface area (Å²) < 4.78 is 5.54. The van der Waals surface area contributed by atoms with Crippen LogP contribution in [0, 0.1) is 0 Å². The third-order valence-electron chi connectivity index (χ3n) is 2.19. The van der Waals surface area contributed by atoms with E-state index in [0.29, 0.717) is 11.3 Å². The van der Waals surface area contributed by atoms with Crippen LogP contribution < -0.4 is 16.0 Å². The molecule has 0 amide bonds. The van der Waals surface area contributed by atoms with Gasteiger partial charge in [-0.1, -0.05) is 29.8 Å². The first-order valence-corrected chi connectivity index (χ1v) is 5.48. The number of halogens is 1. The number of nitrogens with zero attached hydrogens (tertiary/aromatic N) is 2. The van der Waals surface area contributed by atoms with E-state index in [1.165, 1.54) is 6.20 Å². The molecule has 0 aliphatic rings. The maximum Gasteiger partial charge on any atom is 0.243 e. The second-order valence-corrected chi connectivity index (χ2v) is 3.77. The second-order valence-electron chi connectivity index (χ2n) is 3.36. The molecule has 94 valence electrons. The van der Waals surface area contributed by atoms with E-state index < -0.39 is 0 Å². The van der Waals surface area contributed by atoms with E-state index in [9.17, 15) is 5.11 Å². The van der Waals surface area contributed by atoms with E-state index in [0.717, 1.165) is 0 Å². The number of nitrogens with one attached hydrogen (secondary N) is 1. The topological polar surface area (TPSA) is 93.3 Å². The summed E-state index contributed by atoms with van der Waals surface area (Å²) in [5, 5.41) is 9.44. The van der Waals surface area contributed by atoms with Gasteiger partial charge in [-0.3, -0.25) is 5.43 Å². The molecule has 2 aromatic rings. The highest BCUT2D eigenvalue weighted by atomic mass is 35.5. The molecule has 0 fully saturated rings. The van der Waals surface area contributed by atoms with Crippen molar-refractivity contribution in [2.45, 2.75) is 6.61 Å². The molecule has 0 atom stereocenters. The summed E-state index contributed by atoms with van der Waals surface area (Å²) in [4.78, 5) is 7.81. The molecule has 18 heavy (non-hydrogen) atoms. The Kier molecular flexibility index (Phi) is 3.93. The Labute approximate surface area is 108 Å². The fourth-order valence-corrected chi connectivity index (χ4v) is 1.46. The van der Waals surface area contributed by atoms with Crippen molar-refractivity contribution in [1.82, 2.24) is 9.97 Å². The highest BCUT2D eigenvalue weighted by molar-refractivity contribution is 6.31. The van der Waals surface area contributed by atoms with Gasteiger partial charge in [-0.2, -0.15) is 4.98 Å². The largest absolute Gasteiger partial charge is 0.437 e. The first kappa shape index (κ1) is 12.6. The Morgan fingerprint density at radius 2 is 2.17 bits per heavy atom. The summed E-state index contributed by atoms with van der Waals surface area (Å²) >= 11 is 5.92. The fraction of sp³-hybridized carbons (Fsp3) is 0.0909. The van der Waals surface area contributed by atoms with Crippen LogP contribution in [0.3, 0.4) is 0 Å². The SMILES string of the molecule is NNc1ncc(Cl)c(Oc2ccccc2CO)n1. The van der Waals surface area contributed by atoms with Gasteiger partial charge < -0.3 is 9.84 Å². The lowest BCUT2D eigenvalue weighted by atomic mass is 10.2. The van der Waals surface area contributed by atoms with E-state index >= 15 is 0 Å². The summed E-state index contributed by atoms with van der Waals surface area (Å²) in [5.74, 6) is 6.04. The summed E-state index contributed by atoms with van der Waals surface area (Å²) in [7, 11) is 0. The molecule has 7 heteroatoms. The maximum atomic E-state index is 9.19. The van der Waals surface area contributed by atoms with Gasteiger partial charge in [-0.05, 0) is 6.07 Å². The molecular formula is C11H11ClN4O2. The Balaban J connectivity index is 2.33. The number of hydrogen-bond acceptors (Lipinski definition) is 6. The highest BCUT2D eigenvalue weighted by Gasteiger charge is 2.09. The Morgan fingerprint density at radius 3 is 2.89 bits per heavy atom. The van der Waals surface area contributed by atoms with Gasteiger partial charge in [0.15, 0.2) is 0 Å². The average Bonchev–Trinajstić information content (AvgIpc) is 2.42. The van der Waals surface area contributed by atoms with Crippen LogP contribution in [-0.4, -0.2) is 15.1 Å². The van der Waals surface area contributed by atoms with Crippen molar-refractivity contribution in [3.05, 3.63) is 41.0 Å². The van der Waals surface area contributed by atoms with Crippen LogP contribution in [0.1, 0.15) is 5.56 Å². The normalized spacial score (nSPS) is 10.2. The lowest BCUT2D eigenvalue weighted by molar-refractivity contribution is 0.276. The molecule has 2 rings (SSSR count). The van der Waals surface area contributed by atoms with E-state index in [4.69, 9.17) is 22.2 Å². The van der Waals surface area contributed by atoms with Crippen molar-refractivity contribution in [3.63, 3.8) is 0 Å². The Morgan fingerprint density at radius 1 is 1.39 bits per heavy atom. The van der Waals surface area contributed by atoms with Crippen molar-refractivity contribution in [2.24, 2.45) is 5.84 Å². The first-order chi connectivity index (χ1) is 8.74. The molecular weight excluding hydrogens is 256 g/mol. The van der Waals surface area contributed by atoms with Gasteiger partial charge in [0.2, 0.25) is 11.8 Å². The molecule has 1 aromatic carbocycles. The Bertz CT molecular complexity index is 550. The van der Waals surface area contributed by atoms with Crippen LogP contribution in [0.2, 0.25) is 5.02 Å². The van der Waals surface area contributed by atoms with Gasteiger partial charge in [0, 0.05) is 5.56 Å². The number of nitrogen functional groups attached to an aromatic ring is 1. The zero-order chi connectivity index (χ0) is 13.0. The van der Waals surface area contributed by atoms with Crippen molar-refractivity contribution in [1.29, 1.82) is 0 Å². The number of ether oxygens (including phenoxy) is 1. The molecule has 1 aromatic heterocycles. The fourth-order valence-electron chi connectivity index (χ4n) is 1.33. The van der Waals surface area contributed by atoms with Gasteiger partial charge in [-0.25, -0.2) is 10.8 Å². The van der Waals surface area contributed by atoms with Gasteiger partial charge in [0.25, 0.3) is 0 Å². The molecule has 1 heterocycles. The minimum absolute atomic E-state index is 0.138. The van der Waals surface area contributed by atoms with Crippen LogP contribution in [0.25, 0.3) is 0 Å². The number of aliphatic hydroxyl groups excluding tert-OH is 1. The molecule has 6 nitrogen and oxygen atoms in total. The molecule has 0 unspecified atom stereocenters. The van der Waals surface area contributed by atoms with E-state index in [-0.39, 0.29) is 23.5 Å². The summed E-state index contributed by atoms with van der Waals surface area (Å²) in [6, 6.07) is 7.03. The van der Waals surface area contributed by atoms with Crippen LogP contribution in [0.4, 0.5) is 5.95 Å². The predicted molar refractivity (Wildman–Crippen MR) is 67.3 cm³/mol. The smallest absolute Gasteiger partial charge is 0.243 e. The van der Waals surface area contributed by atoms with Crippen LogP contribution >= 0.6 is 11.6 Å². The lowest BCUT2D eigenvalue weighted by Crippen LogP contribution is -2.10. The number of hydrogen-bond donors (Lipinski definition) is 3. The molecule has 4 N–H and O–H groups in total. The summed E-state index contributed by atoms with van der Waals surface area (Å²) in [5.41, 5.74) is 2.93. The second kappa shape index (κ2) is 5.63. The van der Waals surface area contributed by atoms with Gasteiger partial charge in [0.05, 0.1) is 12.8 Å². The van der Waals surface area contributed by atoms with Crippen molar-refractivity contribution in [3.8, 4) is 11.6 Å². The van der Waals surface area contributed by atoms with Crippen LogP contribution in [-0.2, 0) is 6.61 Å². The van der Waals surface area contributed by atoms with Gasteiger partial charge in [0.1, 0.15) is 10.8 Å². The molecule has 0 aliphatic carbocycles. The zero-order valence-electron chi connectivity index (χ0n) is 9.30. The van der Waals surface area contributed by atoms with E-state index in [2.05, 4.69) is 15.4 Å². The molecule has 0 saturated carbocycles. The standard InChI is InChI=1S/C11H11ClN4O2/c12-8-5-14-11(16-13)15-10(8)18-9-4-2-1-3-7(9)6-17/h1-5,17H,6,13H2,(H,14,15,16).